The topological polar surface area (TPSA) is 53.8 Å². The second kappa shape index (κ2) is 8.98. The number of ether oxygens (including phenoxy) is 1. The zero-order valence-electron chi connectivity index (χ0n) is 16.5. The Hall–Kier alpha value is -2.70. The number of nitrogens with one attached hydrogen (secondary N) is 1. The van der Waals surface area contributed by atoms with Gasteiger partial charge in [-0.25, -0.2) is 4.39 Å². The van der Waals surface area contributed by atoms with Crippen LogP contribution in [0.3, 0.4) is 0 Å². The molecule has 1 aliphatic heterocycles. The van der Waals surface area contributed by atoms with E-state index in [9.17, 15) is 9.50 Å². The molecule has 0 radical (unpaired) electrons. The van der Waals surface area contributed by atoms with Gasteiger partial charge in [-0.3, -0.25) is 10.3 Å². The first kappa shape index (κ1) is 20.6. The average Bonchev–Trinajstić information content (AvgIpc) is 2.76. The van der Waals surface area contributed by atoms with E-state index >= 15 is 0 Å². The fraction of sp³-hybridized carbons (Fsp3) is 0.208. The molecule has 0 spiro atoms. The lowest BCUT2D eigenvalue weighted by Crippen LogP contribution is -2.33. The minimum absolute atomic E-state index is 0.131. The normalized spacial score (nSPS) is 18.7. The van der Waals surface area contributed by atoms with Crippen molar-refractivity contribution in [2.45, 2.75) is 25.6 Å². The Morgan fingerprint density at radius 1 is 1.10 bits per heavy atom. The molecule has 2 atom stereocenters. The van der Waals surface area contributed by atoms with Crippen LogP contribution in [-0.2, 0) is 0 Å². The van der Waals surface area contributed by atoms with Gasteiger partial charge in [-0.2, -0.15) is 0 Å². The van der Waals surface area contributed by atoms with Gasteiger partial charge in [0.2, 0.25) is 0 Å². The highest BCUT2D eigenvalue weighted by Gasteiger charge is 2.28. The van der Waals surface area contributed by atoms with Gasteiger partial charge >= 0.3 is 0 Å². The summed E-state index contributed by atoms with van der Waals surface area (Å²) in [5.74, 6) is 0.305. The summed E-state index contributed by atoms with van der Waals surface area (Å²) >= 11 is 3.47. The van der Waals surface area contributed by atoms with Gasteiger partial charge in [-0.1, -0.05) is 52.3 Å². The van der Waals surface area contributed by atoms with Crippen molar-refractivity contribution in [3.8, 4) is 11.5 Å². The second-order valence-corrected chi connectivity index (χ2v) is 8.00. The van der Waals surface area contributed by atoms with Crippen LogP contribution in [0.1, 0.15) is 42.2 Å². The molecular weight excluding hydrogens is 447 g/mol. The van der Waals surface area contributed by atoms with Crippen LogP contribution in [0, 0.1) is 5.82 Å². The highest BCUT2D eigenvalue weighted by molar-refractivity contribution is 9.10. The summed E-state index contributed by atoms with van der Waals surface area (Å²) in [6, 6.07) is 19.7. The van der Waals surface area contributed by atoms with E-state index in [1.54, 1.807) is 18.2 Å². The Labute approximate surface area is 183 Å². The van der Waals surface area contributed by atoms with Gasteiger partial charge in [0.25, 0.3) is 0 Å². The quantitative estimate of drug-likeness (QED) is 0.488. The van der Waals surface area contributed by atoms with Crippen molar-refractivity contribution in [1.29, 1.82) is 0 Å². The molecule has 3 aromatic carbocycles. The van der Waals surface area contributed by atoms with Gasteiger partial charge in [0.15, 0.2) is 11.5 Å². The molecule has 30 heavy (non-hydrogen) atoms. The third kappa shape index (κ3) is 4.40. The summed E-state index contributed by atoms with van der Waals surface area (Å²) in [5.41, 5.74) is 3.53. The van der Waals surface area contributed by atoms with E-state index in [1.165, 1.54) is 12.1 Å². The molecule has 1 aliphatic rings. The molecule has 0 bridgehead atoms. The van der Waals surface area contributed by atoms with Gasteiger partial charge in [-0.05, 0) is 48.4 Å². The number of hydrogen-bond acceptors (Lipinski definition) is 4. The molecule has 0 saturated carbocycles. The number of hydrogen-bond donors (Lipinski definition) is 2. The Balaban J connectivity index is 1.74. The lowest BCUT2D eigenvalue weighted by molar-refractivity contribution is 0.313. The Kier molecular flexibility index (Phi) is 6.16. The first-order chi connectivity index (χ1) is 14.5. The molecule has 0 amide bonds. The number of phenolic OH excluding ortho intramolecular Hbond substituents is 1. The van der Waals surface area contributed by atoms with E-state index in [-0.39, 0.29) is 23.8 Å². The fourth-order valence-electron chi connectivity index (χ4n) is 3.63. The van der Waals surface area contributed by atoms with E-state index in [1.807, 2.05) is 43.3 Å². The minimum atomic E-state index is -0.363. The predicted molar refractivity (Wildman–Crippen MR) is 120 cm³/mol. The molecule has 6 heteroatoms. The molecule has 2 N–H and O–H groups in total. The highest BCUT2D eigenvalue weighted by Crippen LogP contribution is 2.39. The van der Waals surface area contributed by atoms with Crippen LogP contribution >= 0.6 is 15.9 Å². The summed E-state index contributed by atoms with van der Waals surface area (Å²) in [6.45, 7) is 2.35. The van der Waals surface area contributed by atoms with Gasteiger partial charge < -0.3 is 9.84 Å². The van der Waals surface area contributed by atoms with E-state index in [4.69, 9.17) is 9.73 Å². The molecule has 3 aromatic rings. The number of phenols is 1. The van der Waals surface area contributed by atoms with Crippen molar-refractivity contribution in [1.82, 2.24) is 5.32 Å². The summed E-state index contributed by atoms with van der Waals surface area (Å²) in [6.07, 6.45) is 0.237. The lowest BCUT2D eigenvalue weighted by atomic mass is 9.93. The molecule has 1 heterocycles. The van der Waals surface area contributed by atoms with Crippen LogP contribution in [-0.4, -0.2) is 17.4 Å². The zero-order valence-corrected chi connectivity index (χ0v) is 18.1. The molecule has 4 rings (SSSR count). The van der Waals surface area contributed by atoms with Crippen LogP contribution in [0.4, 0.5) is 4.39 Å². The predicted octanol–water partition coefficient (Wildman–Crippen LogP) is 5.92. The van der Waals surface area contributed by atoms with Crippen LogP contribution < -0.4 is 10.1 Å². The van der Waals surface area contributed by atoms with Crippen LogP contribution in [0.5, 0.6) is 11.5 Å². The Bertz CT molecular complexity index is 1050. The van der Waals surface area contributed by atoms with E-state index in [0.717, 1.165) is 26.9 Å². The van der Waals surface area contributed by atoms with Gasteiger partial charge in [-0.15, -0.1) is 0 Å². The number of para-hydroxylation sites is 1. The molecular formula is C24H22BrFN2O2. The summed E-state index contributed by atoms with van der Waals surface area (Å²) in [4.78, 5) is 4.90. The Morgan fingerprint density at radius 3 is 2.53 bits per heavy atom. The zero-order chi connectivity index (χ0) is 21.1. The van der Waals surface area contributed by atoms with Gasteiger partial charge in [0, 0.05) is 28.2 Å². The van der Waals surface area contributed by atoms with Crippen LogP contribution in [0.25, 0.3) is 0 Å². The van der Waals surface area contributed by atoms with E-state index in [2.05, 4.69) is 21.2 Å². The van der Waals surface area contributed by atoms with Gasteiger partial charge in [0.1, 0.15) is 12.0 Å². The maximum absolute atomic E-state index is 13.4. The lowest BCUT2D eigenvalue weighted by Gasteiger charge is -2.31. The third-order valence-electron chi connectivity index (χ3n) is 5.11. The molecule has 4 nitrogen and oxygen atoms in total. The number of aliphatic imine (C=N–C) groups is 1. The molecule has 0 unspecified atom stereocenters. The molecule has 0 aliphatic carbocycles. The van der Waals surface area contributed by atoms with Crippen molar-refractivity contribution in [2.75, 3.05) is 6.61 Å². The van der Waals surface area contributed by atoms with Crippen LogP contribution in [0.2, 0.25) is 0 Å². The number of rotatable bonds is 5. The number of halogens is 2. The van der Waals surface area contributed by atoms with E-state index < -0.39 is 0 Å². The molecule has 154 valence electrons. The number of benzene rings is 3. The summed E-state index contributed by atoms with van der Waals surface area (Å²) in [7, 11) is 0. The largest absolute Gasteiger partial charge is 0.504 e. The first-order valence-electron chi connectivity index (χ1n) is 9.84. The molecule has 0 fully saturated rings. The molecule has 0 saturated heterocycles. The van der Waals surface area contributed by atoms with Crippen molar-refractivity contribution < 1.29 is 14.2 Å². The smallest absolute Gasteiger partial charge is 0.162 e. The third-order valence-corrected chi connectivity index (χ3v) is 5.64. The maximum atomic E-state index is 13.4. The summed E-state index contributed by atoms with van der Waals surface area (Å²) < 4.78 is 20.0. The van der Waals surface area contributed by atoms with Crippen molar-refractivity contribution in [3.05, 3.63) is 93.7 Å². The van der Waals surface area contributed by atoms with Crippen molar-refractivity contribution in [2.24, 2.45) is 4.99 Å². The number of aromatic hydroxyl groups is 1. The standard InChI is InChI=1S/C24H22BrFN2O2/c1-2-30-22-5-3-4-19(23(22)29)21-14-20(15-6-10-17(25)11-7-15)27-24(28-21)16-8-12-18(26)13-9-16/h3-13,21,24,28-29H,2,14H2,1H3/t21-,24-/m1/s1. The van der Waals surface area contributed by atoms with Gasteiger partial charge in [0.05, 0.1) is 6.61 Å². The summed E-state index contributed by atoms with van der Waals surface area (Å²) in [5, 5.41) is 14.3. The van der Waals surface area contributed by atoms with Crippen molar-refractivity contribution in [3.63, 3.8) is 0 Å². The minimum Gasteiger partial charge on any atom is -0.504 e. The molecule has 0 aromatic heterocycles. The first-order valence-corrected chi connectivity index (χ1v) is 10.6. The highest BCUT2D eigenvalue weighted by atomic mass is 79.9. The van der Waals surface area contributed by atoms with Crippen molar-refractivity contribution >= 4 is 21.6 Å². The maximum Gasteiger partial charge on any atom is 0.162 e. The monoisotopic (exact) mass is 468 g/mol. The fourth-order valence-corrected chi connectivity index (χ4v) is 3.90. The van der Waals surface area contributed by atoms with Crippen LogP contribution in [0.15, 0.2) is 76.2 Å². The second-order valence-electron chi connectivity index (χ2n) is 7.09. The number of nitrogens with zero attached hydrogens (tertiary/aromatic N) is 1. The average molecular weight is 469 g/mol. The SMILES string of the molecule is CCOc1cccc([C@H]2CC(c3ccc(Br)cc3)=N[C@@H](c3ccc(F)cc3)N2)c1O. The van der Waals surface area contributed by atoms with E-state index in [0.29, 0.717) is 18.8 Å². The Morgan fingerprint density at radius 2 is 1.83 bits per heavy atom.